The van der Waals surface area contributed by atoms with E-state index in [1.54, 1.807) is 0 Å². The molecule has 0 rings (SSSR count). The lowest BCUT2D eigenvalue weighted by molar-refractivity contribution is -0.143. The van der Waals surface area contributed by atoms with Gasteiger partial charge in [-0.3, -0.25) is 9.59 Å². The van der Waals surface area contributed by atoms with E-state index in [4.69, 9.17) is 18.9 Å². The van der Waals surface area contributed by atoms with Gasteiger partial charge >= 0.3 is 24.1 Å². The van der Waals surface area contributed by atoms with Gasteiger partial charge in [0.15, 0.2) is 0 Å². The Morgan fingerprint density at radius 2 is 0.857 bits per heavy atom. The van der Waals surface area contributed by atoms with E-state index >= 15 is 0 Å². The quantitative estimate of drug-likeness (QED) is 0.0940. The van der Waals surface area contributed by atoms with Crippen LogP contribution in [0.1, 0.15) is 90.9 Å². The molecular formula is C32H44N2O8. The number of alkyl carbamates (subject to hydrolysis) is 2. The van der Waals surface area contributed by atoms with Crippen molar-refractivity contribution in [1.29, 1.82) is 0 Å². The summed E-state index contributed by atoms with van der Waals surface area (Å²) in [4.78, 5) is 45.8. The second-order valence-corrected chi connectivity index (χ2v) is 8.85. The maximum absolute atomic E-state index is 11.5. The highest BCUT2D eigenvalue weighted by Gasteiger charge is 2.08. The minimum absolute atomic E-state index is 0.195. The number of unbranched alkanes of at least 4 members (excludes halogenated alkanes) is 8. The molecular weight excluding hydrogens is 540 g/mol. The fraction of sp³-hybridized carbons (Fsp3) is 0.625. The van der Waals surface area contributed by atoms with Gasteiger partial charge in [-0.15, -0.1) is 0 Å². The number of esters is 2. The van der Waals surface area contributed by atoms with E-state index in [1.807, 2.05) is 13.8 Å². The third-order valence-electron chi connectivity index (χ3n) is 5.12. The third kappa shape index (κ3) is 28.7. The van der Waals surface area contributed by atoms with Gasteiger partial charge in [0.1, 0.15) is 13.1 Å². The van der Waals surface area contributed by atoms with Crippen molar-refractivity contribution in [2.45, 2.75) is 90.9 Å². The van der Waals surface area contributed by atoms with Crippen LogP contribution in [0, 0.1) is 47.4 Å². The second-order valence-electron chi connectivity index (χ2n) is 8.85. The van der Waals surface area contributed by atoms with Gasteiger partial charge in [0.05, 0.1) is 26.4 Å². The summed E-state index contributed by atoms with van der Waals surface area (Å²) in [5.41, 5.74) is 0. The highest BCUT2D eigenvalue weighted by atomic mass is 16.6. The average Bonchev–Trinajstić information content (AvgIpc) is 2.98. The van der Waals surface area contributed by atoms with E-state index in [2.05, 4.69) is 58.0 Å². The maximum Gasteiger partial charge on any atom is 0.407 e. The molecule has 0 radical (unpaired) electrons. The van der Waals surface area contributed by atoms with Crippen molar-refractivity contribution in [3.8, 4) is 47.4 Å². The van der Waals surface area contributed by atoms with Crippen molar-refractivity contribution in [3.63, 3.8) is 0 Å². The van der Waals surface area contributed by atoms with Crippen LogP contribution >= 0.6 is 0 Å². The zero-order valence-electron chi connectivity index (χ0n) is 25.0. The minimum atomic E-state index is -0.632. The van der Waals surface area contributed by atoms with Gasteiger partial charge in [-0.1, -0.05) is 38.5 Å². The Kier molecular flexibility index (Phi) is 26.7. The summed E-state index contributed by atoms with van der Waals surface area (Å²) in [6.07, 6.45) is 8.38. The van der Waals surface area contributed by atoms with E-state index in [1.165, 1.54) is 0 Å². The normalized spacial score (nSPS) is 9.10. The Bertz CT molecular complexity index is 957. The Labute approximate surface area is 250 Å². The van der Waals surface area contributed by atoms with Gasteiger partial charge < -0.3 is 29.6 Å². The number of hydrogen-bond donors (Lipinski definition) is 2. The lowest BCUT2D eigenvalue weighted by atomic mass is 10.2. The molecule has 10 heteroatoms. The average molecular weight is 585 g/mol. The summed E-state index contributed by atoms with van der Waals surface area (Å²) >= 11 is 0. The number of rotatable bonds is 20. The number of carbonyl (C=O) groups is 4. The molecule has 0 aromatic rings. The first-order chi connectivity index (χ1) is 20.5. The number of hydrogen-bond acceptors (Lipinski definition) is 8. The summed E-state index contributed by atoms with van der Waals surface area (Å²) in [6, 6.07) is 0. The fourth-order valence-corrected chi connectivity index (χ4v) is 2.81. The van der Waals surface area contributed by atoms with Gasteiger partial charge in [0.25, 0.3) is 0 Å². The molecule has 230 valence electrons. The van der Waals surface area contributed by atoms with E-state index in [9.17, 15) is 19.2 Å². The topological polar surface area (TPSA) is 129 Å². The number of amides is 2. The summed E-state index contributed by atoms with van der Waals surface area (Å²) in [5, 5.41) is 4.73. The molecule has 2 N–H and O–H groups in total. The van der Waals surface area contributed by atoms with Crippen molar-refractivity contribution in [3.05, 3.63) is 0 Å². The van der Waals surface area contributed by atoms with Crippen LogP contribution in [-0.4, -0.2) is 63.6 Å². The molecule has 0 unspecified atom stereocenters. The SMILES string of the molecule is CCCCOC(=O)CNC(=O)OCCCCCC#CC#CC#CC#CCCCCCOC(=O)NCC(=O)OCCCC. The summed E-state index contributed by atoms with van der Waals surface area (Å²) in [7, 11) is 0. The predicted octanol–water partition coefficient (Wildman–Crippen LogP) is 4.26. The molecule has 0 aliphatic carbocycles. The van der Waals surface area contributed by atoms with Crippen molar-refractivity contribution in [2.24, 2.45) is 0 Å². The smallest absolute Gasteiger partial charge is 0.407 e. The molecule has 42 heavy (non-hydrogen) atoms. The molecule has 10 nitrogen and oxygen atoms in total. The van der Waals surface area contributed by atoms with Gasteiger partial charge in [-0.05, 0) is 86.9 Å². The monoisotopic (exact) mass is 584 g/mol. The van der Waals surface area contributed by atoms with E-state index in [0.29, 0.717) is 38.9 Å². The van der Waals surface area contributed by atoms with Crippen LogP contribution in [0.25, 0.3) is 0 Å². The van der Waals surface area contributed by atoms with Crippen LogP contribution in [0.5, 0.6) is 0 Å². The first kappa shape index (κ1) is 37.7. The second kappa shape index (κ2) is 29.7. The van der Waals surface area contributed by atoms with Crippen LogP contribution in [0.15, 0.2) is 0 Å². The van der Waals surface area contributed by atoms with Gasteiger partial charge in [0, 0.05) is 12.8 Å². The third-order valence-corrected chi connectivity index (χ3v) is 5.12. The first-order valence-corrected chi connectivity index (χ1v) is 14.6. The fourth-order valence-electron chi connectivity index (χ4n) is 2.81. The van der Waals surface area contributed by atoms with E-state index in [0.717, 1.165) is 51.4 Å². The van der Waals surface area contributed by atoms with Crippen molar-refractivity contribution < 1.29 is 38.1 Å². The molecule has 0 fully saturated rings. The lowest BCUT2D eigenvalue weighted by Gasteiger charge is -2.07. The molecule has 0 aliphatic rings. The highest BCUT2D eigenvalue weighted by molar-refractivity contribution is 5.78. The van der Waals surface area contributed by atoms with Crippen molar-refractivity contribution in [1.82, 2.24) is 10.6 Å². The Morgan fingerprint density at radius 3 is 1.26 bits per heavy atom. The van der Waals surface area contributed by atoms with E-state index in [-0.39, 0.29) is 26.3 Å². The van der Waals surface area contributed by atoms with Crippen LogP contribution < -0.4 is 10.6 Å². The summed E-state index contributed by atoms with van der Waals surface area (Å²) in [6.45, 7) is 4.86. The van der Waals surface area contributed by atoms with Crippen LogP contribution in [-0.2, 0) is 28.5 Å². The molecule has 0 aromatic carbocycles. The molecule has 0 aromatic heterocycles. The molecule has 0 spiro atoms. The van der Waals surface area contributed by atoms with E-state index < -0.39 is 24.1 Å². The molecule has 0 saturated carbocycles. The molecule has 2 amide bonds. The Balaban J connectivity index is 3.67. The number of carbonyl (C=O) groups excluding carboxylic acids is 4. The van der Waals surface area contributed by atoms with Crippen molar-refractivity contribution in [2.75, 3.05) is 39.5 Å². The Hall–Kier alpha value is -4.28. The van der Waals surface area contributed by atoms with Crippen LogP contribution in [0.4, 0.5) is 9.59 Å². The predicted molar refractivity (Wildman–Crippen MR) is 158 cm³/mol. The lowest BCUT2D eigenvalue weighted by Crippen LogP contribution is -2.31. The standard InChI is InChI=1S/C32H44N2O8/c1-3-5-23-39-29(35)27-33-31(37)41-25-21-19-17-15-13-11-9-7-8-10-12-14-16-18-20-22-26-42-32(38)34-28-30(36)40-24-6-4-2/h3-6,15-28H2,1-2H3,(H,33,37)(H,34,38). The van der Waals surface area contributed by atoms with Gasteiger partial charge in [-0.2, -0.15) is 0 Å². The maximum atomic E-state index is 11.5. The molecule has 0 aliphatic heterocycles. The number of ether oxygens (including phenoxy) is 4. The first-order valence-electron chi connectivity index (χ1n) is 14.6. The number of nitrogens with one attached hydrogen (secondary N) is 2. The molecule has 0 saturated heterocycles. The zero-order valence-corrected chi connectivity index (χ0v) is 25.0. The zero-order chi connectivity index (χ0) is 30.9. The summed E-state index contributed by atoms with van der Waals surface area (Å²) < 4.78 is 19.9. The summed E-state index contributed by atoms with van der Waals surface area (Å²) in [5.74, 6) is 21.0. The largest absolute Gasteiger partial charge is 0.464 e. The van der Waals surface area contributed by atoms with Crippen LogP contribution in [0.2, 0.25) is 0 Å². The van der Waals surface area contributed by atoms with Crippen LogP contribution in [0.3, 0.4) is 0 Å². The minimum Gasteiger partial charge on any atom is -0.464 e. The van der Waals surface area contributed by atoms with Crippen molar-refractivity contribution >= 4 is 24.1 Å². The Morgan fingerprint density at radius 1 is 0.476 bits per heavy atom. The molecule has 0 heterocycles. The van der Waals surface area contributed by atoms with Gasteiger partial charge in [0.2, 0.25) is 0 Å². The molecule has 0 atom stereocenters. The molecule has 0 bridgehead atoms. The van der Waals surface area contributed by atoms with Gasteiger partial charge in [-0.25, -0.2) is 9.59 Å². The highest BCUT2D eigenvalue weighted by Crippen LogP contribution is 2.00.